The lowest BCUT2D eigenvalue weighted by Crippen LogP contribution is -2.42. The SMILES string of the molecule is CC(C)n1cnnc1SCC(=O)NNC(=O)c1ccc(Cl)cc1. The number of hydrogen-bond donors (Lipinski definition) is 2. The van der Waals surface area contributed by atoms with Crippen LogP contribution in [0.5, 0.6) is 0 Å². The van der Waals surface area contributed by atoms with Crippen LogP contribution < -0.4 is 10.9 Å². The van der Waals surface area contributed by atoms with Crippen LogP contribution in [0.15, 0.2) is 35.7 Å². The van der Waals surface area contributed by atoms with Crippen LogP contribution in [0.3, 0.4) is 0 Å². The summed E-state index contributed by atoms with van der Waals surface area (Å²) in [6, 6.07) is 6.56. The van der Waals surface area contributed by atoms with E-state index in [1.807, 2.05) is 18.4 Å². The van der Waals surface area contributed by atoms with Gasteiger partial charge in [-0.1, -0.05) is 23.4 Å². The molecule has 2 aromatic rings. The smallest absolute Gasteiger partial charge is 0.269 e. The predicted octanol–water partition coefficient (Wildman–Crippen LogP) is 2.07. The monoisotopic (exact) mass is 353 g/mol. The molecule has 2 amide bonds. The lowest BCUT2D eigenvalue weighted by atomic mass is 10.2. The van der Waals surface area contributed by atoms with Crippen LogP contribution >= 0.6 is 23.4 Å². The number of amides is 2. The Kier molecular flexibility index (Phi) is 6.00. The van der Waals surface area contributed by atoms with Crippen molar-refractivity contribution in [2.45, 2.75) is 25.0 Å². The van der Waals surface area contributed by atoms with Gasteiger partial charge in [0.1, 0.15) is 6.33 Å². The van der Waals surface area contributed by atoms with Crippen LogP contribution in [0.4, 0.5) is 0 Å². The summed E-state index contributed by atoms with van der Waals surface area (Å²) in [5.74, 6) is -0.632. The number of carbonyl (C=O) groups is 2. The van der Waals surface area contributed by atoms with Crippen LogP contribution in [0.25, 0.3) is 0 Å². The number of halogens is 1. The summed E-state index contributed by atoms with van der Waals surface area (Å²) in [5.41, 5.74) is 5.11. The summed E-state index contributed by atoms with van der Waals surface area (Å²) >= 11 is 7.00. The molecule has 0 atom stereocenters. The molecule has 1 heterocycles. The van der Waals surface area contributed by atoms with Gasteiger partial charge < -0.3 is 4.57 Å². The zero-order valence-electron chi connectivity index (χ0n) is 12.6. The first-order valence-corrected chi connectivity index (χ1v) is 8.21. The van der Waals surface area contributed by atoms with E-state index in [1.165, 1.54) is 11.8 Å². The van der Waals surface area contributed by atoms with Gasteiger partial charge in [0.15, 0.2) is 5.16 Å². The van der Waals surface area contributed by atoms with Crippen molar-refractivity contribution in [3.05, 3.63) is 41.2 Å². The van der Waals surface area contributed by atoms with Gasteiger partial charge in [0.05, 0.1) is 5.75 Å². The minimum absolute atomic E-state index is 0.117. The largest absolute Gasteiger partial charge is 0.306 e. The Labute approximate surface area is 142 Å². The van der Waals surface area contributed by atoms with Crippen molar-refractivity contribution >= 4 is 35.2 Å². The van der Waals surface area contributed by atoms with E-state index in [0.717, 1.165) is 0 Å². The molecule has 0 spiro atoms. The Bertz CT molecular complexity index is 687. The molecule has 122 valence electrons. The molecule has 23 heavy (non-hydrogen) atoms. The number of carbonyl (C=O) groups excluding carboxylic acids is 2. The number of nitrogens with zero attached hydrogens (tertiary/aromatic N) is 3. The van der Waals surface area contributed by atoms with E-state index in [2.05, 4.69) is 21.0 Å². The Morgan fingerprint density at radius 1 is 1.26 bits per heavy atom. The van der Waals surface area contributed by atoms with Crippen molar-refractivity contribution in [2.24, 2.45) is 0 Å². The number of nitrogens with one attached hydrogen (secondary N) is 2. The maximum atomic E-state index is 11.8. The van der Waals surface area contributed by atoms with Crippen molar-refractivity contribution in [1.29, 1.82) is 0 Å². The number of benzene rings is 1. The Balaban J connectivity index is 1.80. The van der Waals surface area contributed by atoms with E-state index < -0.39 is 5.91 Å². The minimum Gasteiger partial charge on any atom is -0.306 e. The summed E-state index contributed by atoms with van der Waals surface area (Å²) < 4.78 is 1.87. The van der Waals surface area contributed by atoms with Crippen LogP contribution in [-0.2, 0) is 4.79 Å². The molecular weight excluding hydrogens is 338 g/mol. The fourth-order valence-electron chi connectivity index (χ4n) is 1.66. The first kappa shape index (κ1) is 17.3. The number of hydrogen-bond acceptors (Lipinski definition) is 5. The quantitative estimate of drug-likeness (QED) is 0.634. The standard InChI is InChI=1S/C14H16ClN5O2S/c1-9(2)20-8-16-19-14(20)23-7-12(21)17-18-13(22)10-3-5-11(15)6-4-10/h3-6,8-9H,7H2,1-2H3,(H,17,21)(H,18,22). The first-order valence-electron chi connectivity index (χ1n) is 6.84. The normalized spacial score (nSPS) is 10.6. The van der Waals surface area contributed by atoms with Crippen LogP contribution in [0.2, 0.25) is 5.02 Å². The van der Waals surface area contributed by atoms with Crippen LogP contribution in [0.1, 0.15) is 30.2 Å². The number of thioether (sulfide) groups is 1. The highest BCUT2D eigenvalue weighted by atomic mass is 35.5. The third-order valence-electron chi connectivity index (χ3n) is 2.85. The maximum Gasteiger partial charge on any atom is 0.269 e. The van der Waals surface area contributed by atoms with Crippen molar-refractivity contribution < 1.29 is 9.59 Å². The van der Waals surface area contributed by atoms with Gasteiger partial charge in [-0.2, -0.15) is 0 Å². The maximum absolute atomic E-state index is 11.8. The van der Waals surface area contributed by atoms with Crippen molar-refractivity contribution in [3.63, 3.8) is 0 Å². The molecule has 0 fully saturated rings. The van der Waals surface area contributed by atoms with Gasteiger partial charge in [-0.25, -0.2) is 0 Å². The Morgan fingerprint density at radius 2 is 1.96 bits per heavy atom. The zero-order valence-corrected chi connectivity index (χ0v) is 14.2. The molecule has 0 aliphatic carbocycles. The molecule has 0 saturated carbocycles. The molecule has 0 radical (unpaired) electrons. The third-order valence-corrected chi connectivity index (χ3v) is 4.06. The van der Waals surface area contributed by atoms with Crippen molar-refractivity contribution in [2.75, 3.05) is 5.75 Å². The lowest BCUT2D eigenvalue weighted by Gasteiger charge is -2.10. The topological polar surface area (TPSA) is 88.9 Å². The van der Waals surface area contributed by atoms with Gasteiger partial charge >= 0.3 is 0 Å². The Morgan fingerprint density at radius 3 is 2.61 bits per heavy atom. The van der Waals surface area contributed by atoms with E-state index in [4.69, 9.17) is 11.6 Å². The van der Waals surface area contributed by atoms with E-state index in [1.54, 1.807) is 30.6 Å². The van der Waals surface area contributed by atoms with E-state index in [0.29, 0.717) is 15.7 Å². The molecule has 0 aliphatic rings. The van der Waals surface area contributed by atoms with Crippen LogP contribution in [-0.4, -0.2) is 32.3 Å². The minimum atomic E-state index is -0.412. The molecule has 0 unspecified atom stereocenters. The predicted molar refractivity (Wildman–Crippen MR) is 88.2 cm³/mol. The second-order valence-electron chi connectivity index (χ2n) is 4.91. The average Bonchev–Trinajstić information content (AvgIpc) is 3.00. The number of aromatic nitrogens is 3. The summed E-state index contributed by atoms with van der Waals surface area (Å²) in [7, 11) is 0. The van der Waals surface area contributed by atoms with Crippen molar-refractivity contribution in [3.8, 4) is 0 Å². The fraction of sp³-hybridized carbons (Fsp3) is 0.286. The van der Waals surface area contributed by atoms with Crippen LogP contribution in [0, 0.1) is 0 Å². The van der Waals surface area contributed by atoms with Gasteiger partial charge in [0, 0.05) is 16.6 Å². The highest BCUT2D eigenvalue weighted by Gasteiger charge is 2.11. The first-order chi connectivity index (χ1) is 11.0. The molecule has 1 aromatic heterocycles. The average molecular weight is 354 g/mol. The molecule has 0 bridgehead atoms. The molecule has 9 heteroatoms. The Hall–Kier alpha value is -2.06. The molecule has 0 saturated heterocycles. The van der Waals surface area contributed by atoms with Gasteiger partial charge in [-0.15, -0.1) is 10.2 Å². The lowest BCUT2D eigenvalue weighted by molar-refractivity contribution is -0.119. The highest BCUT2D eigenvalue weighted by Crippen LogP contribution is 2.18. The molecule has 2 rings (SSSR count). The summed E-state index contributed by atoms with van der Waals surface area (Å²) in [4.78, 5) is 23.6. The molecule has 0 aliphatic heterocycles. The van der Waals surface area contributed by atoms with E-state index in [-0.39, 0.29) is 17.7 Å². The third kappa shape index (κ3) is 4.97. The summed E-state index contributed by atoms with van der Waals surface area (Å²) in [6.45, 7) is 4.00. The van der Waals surface area contributed by atoms with Gasteiger partial charge in [-0.05, 0) is 38.1 Å². The van der Waals surface area contributed by atoms with Gasteiger partial charge in [0.25, 0.3) is 5.91 Å². The highest BCUT2D eigenvalue weighted by molar-refractivity contribution is 7.99. The number of rotatable bonds is 5. The van der Waals surface area contributed by atoms with E-state index in [9.17, 15) is 9.59 Å². The second-order valence-corrected chi connectivity index (χ2v) is 6.29. The van der Waals surface area contributed by atoms with E-state index >= 15 is 0 Å². The molecule has 7 nitrogen and oxygen atoms in total. The van der Waals surface area contributed by atoms with Gasteiger partial charge in [-0.3, -0.25) is 20.4 Å². The fourth-order valence-corrected chi connectivity index (χ4v) is 2.63. The van der Waals surface area contributed by atoms with Crippen molar-refractivity contribution in [1.82, 2.24) is 25.6 Å². The molecule has 2 N–H and O–H groups in total. The summed E-state index contributed by atoms with van der Waals surface area (Å²) in [5, 5.41) is 8.97. The summed E-state index contributed by atoms with van der Waals surface area (Å²) in [6.07, 6.45) is 1.62. The van der Waals surface area contributed by atoms with Gasteiger partial charge in [0.2, 0.25) is 5.91 Å². The molecule has 1 aromatic carbocycles. The zero-order chi connectivity index (χ0) is 16.8. The second kappa shape index (κ2) is 7.98. The molecular formula is C14H16ClN5O2S. The number of hydrazine groups is 1.